The van der Waals surface area contributed by atoms with Gasteiger partial charge in [0.1, 0.15) is 11.3 Å². The Morgan fingerprint density at radius 3 is 2.88 bits per heavy atom. The number of furan rings is 1. The first-order valence-corrected chi connectivity index (χ1v) is 9.93. The molecule has 0 bridgehead atoms. The molecule has 6 heteroatoms. The normalized spacial score (nSPS) is 17.8. The number of anilines is 1. The number of hydrogen-bond acceptors (Lipinski definition) is 5. The van der Waals surface area contributed by atoms with Gasteiger partial charge < -0.3 is 14.6 Å². The highest BCUT2D eigenvalue weighted by Crippen LogP contribution is 2.23. The standard InChI is InChI=1S/C20H23BrN4O/c1-14-3-2-7-25(14)8-6-18-10-16-9-15(4-5-19(16)26-18)11-22-20-23-12-17(21)13-24-20/h4-5,9-10,12-14H,2-3,6-8,11H2,1H3,(H,22,23,24)/t14-/m1/s1. The molecule has 26 heavy (non-hydrogen) atoms. The van der Waals surface area contributed by atoms with E-state index in [0.717, 1.165) is 34.2 Å². The van der Waals surface area contributed by atoms with Crippen molar-refractivity contribution in [2.45, 2.75) is 38.8 Å². The summed E-state index contributed by atoms with van der Waals surface area (Å²) in [7, 11) is 0. The number of fused-ring (bicyclic) bond motifs is 1. The number of likely N-dealkylation sites (tertiary alicyclic amines) is 1. The van der Waals surface area contributed by atoms with Gasteiger partial charge in [-0.25, -0.2) is 9.97 Å². The Hall–Kier alpha value is -1.92. The minimum atomic E-state index is 0.626. The quantitative estimate of drug-likeness (QED) is 0.637. The molecule has 0 unspecified atom stereocenters. The molecule has 1 saturated heterocycles. The van der Waals surface area contributed by atoms with Crippen molar-refractivity contribution < 1.29 is 4.42 Å². The monoisotopic (exact) mass is 414 g/mol. The second-order valence-corrected chi connectivity index (χ2v) is 7.86. The van der Waals surface area contributed by atoms with Crippen LogP contribution in [0.2, 0.25) is 0 Å². The van der Waals surface area contributed by atoms with Crippen LogP contribution < -0.4 is 5.32 Å². The van der Waals surface area contributed by atoms with Gasteiger partial charge in [-0.1, -0.05) is 6.07 Å². The predicted octanol–water partition coefficient (Wildman–Crippen LogP) is 4.62. The summed E-state index contributed by atoms with van der Waals surface area (Å²) in [5.74, 6) is 1.70. The molecule has 136 valence electrons. The number of nitrogens with zero attached hydrogens (tertiary/aromatic N) is 3. The first kappa shape index (κ1) is 17.5. The lowest BCUT2D eigenvalue weighted by molar-refractivity contribution is 0.266. The van der Waals surface area contributed by atoms with Gasteiger partial charge in [0.15, 0.2) is 0 Å². The molecule has 3 aromatic rings. The van der Waals surface area contributed by atoms with Gasteiger partial charge in [0, 0.05) is 43.3 Å². The van der Waals surface area contributed by atoms with Crippen molar-refractivity contribution in [3.05, 3.63) is 52.5 Å². The van der Waals surface area contributed by atoms with Crippen LogP contribution in [0, 0.1) is 0 Å². The number of aromatic nitrogens is 2. The summed E-state index contributed by atoms with van der Waals surface area (Å²) >= 11 is 3.34. The molecule has 0 aliphatic carbocycles. The van der Waals surface area contributed by atoms with E-state index < -0.39 is 0 Å². The highest BCUT2D eigenvalue weighted by molar-refractivity contribution is 9.10. The lowest BCUT2D eigenvalue weighted by atomic mass is 10.1. The van der Waals surface area contributed by atoms with E-state index in [9.17, 15) is 0 Å². The predicted molar refractivity (Wildman–Crippen MR) is 107 cm³/mol. The second kappa shape index (κ2) is 7.76. The number of rotatable bonds is 6. The Bertz CT molecular complexity index is 877. The third-order valence-corrected chi connectivity index (χ3v) is 5.45. The van der Waals surface area contributed by atoms with Crippen LogP contribution in [0.5, 0.6) is 0 Å². The molecule has 2 aromatic heterocycles. The van der Waals surface area contributed by atoms with Crippen molar-refractivity contribution in [2.75, 3.05) is 18.4 Å². The highest BCUT2D eigenvalue weighted by Gasteiger charge is 2.20. The SMILES string of the molecule is C[C@@H]1CCCN1CCc1cc2cc(CNc3ncc(Br)cn3)ccc2o1. The van der Waals surface area contributed by atoms with Gasteiger partial charge in [0.25, 0.3) is 0 Å². The minimum absolute atomic E-state index is 0.626. The lowest BCUT2D eigenvalue weighted by Gasteiger charge is -2.19. The van der Waals surface area contributed by atoms with E-state index in [1.807, 2.05) is 0 Å². The summed E-state index contributed by atoms with van der Waals surface area (Å²) in [6.07, 6.45) is 7.09. The highest BCUT2D eigenvalue weighted by atomic mass is 79.9. The fourth-order valence-corrected chi connectivity index (χ4v) is 3.75. The van der Waals surface area contributed by atoms with Crippen LogP contribution >= 0.6 is 15.9 Å². The molecule has 1 N–H and O–H groups in total. The van der Waals surface area contributed by atoms with E-state index in [4.69, 9.17) is 4.42 Å². The van der Waals surface area contributed by atoms with Crippen LogP contribution in [0.3, 0.4) is 0 Å². The maximum atomic E-state index is 6.02. The van der Waals surface area contributed by atoms with Gasteiger partial charge in [0.2, 0.25) is 5.95 Å². The fraction of sp³-hybridized carbons (Fsp3) is 0.400. The van der Waals surface area contributed by atoms with E-state index in [1.54, 1.807) is 12.4 Å². The Morgan fingerprint density at radius 1 is 1.27 bits per heavy atom. The summed E-state index contributed by atoms with van der Waals surface area (Å²) in [4.78, 5) is 11.0. The molecule has 0 spiro atoms. The van der Waals surface area contributed by atoms with Crippen molar-refractivity contribution in [1.29, 1.82) is 0 Å². The molecular weight excluding hydrogens is 392 g/mol. The Morgan fingerprint density at radius 2 is 2.12 bits per heavy atom. The average Bonchev–Trinajstić information content (AvgIpc) is 3.24. The smallest absolute Gasteiger partial charge is 0.222 e. The van der Waals surface area contributed by atoms with E-state index in [-0.39, 0.29) is 0 Å². The van der Waals surface area contributed by atoms with E-state index >= 15 is 0 Å². The van der Waals surface area contributed by atoms with Crippen molar-refractivity contribution >= 4 is 32.8 Å². The molecule has 1 aromatic carbocycles. The molecular formula is C20H23BrN4O. The van der Waals surface area contributed by atoms with Gasteiger partial charge >= 0.3 is 0 Å². The van der Waals surface area contributed by atoms with Crippen LogP contribution in [0.25, 0.3) is 11.0 Å². The van der Waals surface area contributed by atoms with Gasteiger partial charge in [-0.2, -0.15) is 0 Å². The maximum Gasteiger partial charge on any atom is 0.222 e. The molecule has 0 amide bonds. The van der Waals surface area contributed by atoms with Crippen LogP contribution in [-0.2, 0) is 13.0 Å². The third-order valence-electron chi connectivity index (χ3n) is 5.04. The number of nitrogens with one attached hydrogen (secondary N) is 1. The van der Waals surface area contributed by atoms with Crippen molar-refractivity contribution in [3.63, 3.8) is 0 Å². The summed E-state index contributed by atoms with van der Waals surface area (Å²) < 4.78 is 6.89. The lowest BCUT2D eigenvalue weighted by Crippen LogP contribution is -2.28. The largest absolute Gasteiger partial charge is 0.461 e. The van der Waals surface area contributed by atoms with Crippen LogP contribution in [0.15, 0.2) is 45.5 Å². The van der Waals surface area contributed by atoms with Gasteiger partial charge in [-0.3, -0.25) is 0 Å². The van der Waals surface area contributed by atoms with Crippen molar-refractivity contribution in [1.82, 2.24) is 14.9 Å². The van der Waals surface area contributed by atoms with Gasteiger partial charge in [-0.05, 0) is 66.0 Å². The molecule has 1 aliphatic rings. The van der Waals surface area contributed by atoms with Crippen LogP contribution in [0.1, 0.15) is 31.1 Å². The first-order chi connectivity index (χ1) is 12.7. The number of hydrogen-bond donors (Lipinski definition) is 1. The van der Waals surface area contributed by atoms with Crippen molar-refractivity contribution in [3.8, 4) is 0 Å². The van der Waals surface area contributed by atoms with E-state index in [2.05, 4.69) is 67.3 Å². The Kier molecular flexibility index (Phi) is 5.22. The molecule has 1 fully saturated rings. The fourth-order valence-electron chi connectivity index (χ4n) is 3.54. The molecule has 3 heterocycles. The Balaban J connectivity index is 1.39. The summed E-state index contributed by atoms with van der Waals surface area (Å²) in [5, 5.41) is 4.40. The number of benzene rings is 1. The zero-order valence-electron chi connectivity index (χ0n) is 14.9. The Labute approximate surface area is 161 Å². The molecule has 0 saturated carbocycles. The molecule has 5 nitrogen and oxygen atoms in total. The van der Waals surface area contributed by atoms with Crippen molar-refractivity contribution in [2.24, 2.45) is 0 Å². The third kappa shape index (κ3) is 4.07. The zero-order valence-corrected chi connectivity index (χ0v) is 16.5. The summed E-state index contributed by atoms with van der Waals surface area (Å²) in [6, 6.07) is 9.20. The maximum absolute atomic E-state index is 6.02. The molecule has 1 atom stereocenters. The molecule has 0 radical (unpaired) electrons. The second-order valence-electron chi connectivity index (χ2n) is 6.94. The summed E-state index contributed by atoms with van der Waals surface area (Å²) in [5.41, 5.74) is 2.14. The molecule has 1 aliphatic heterocycles. The summed E-state index contributed by atoms with van der Waals surface area (Å²) in [6.45, 7) is 5.30. The minimum Gasteiger partial charge on any atom is -0.461 e. The van der Waals surface area contributed by atoms with E-state index in [1.165, 1.54) is 24.9 Å². The average molecular weight is 415 g/mol. The van der Waals surface area contributed by atoms with Crippen LogP contribution in [0.4, 0.5) is 5.95 Å². The van der Waals surface area contributed by atoms with Gasteiger partial charge in [0.05, 0.1) is 4.47 Å². The molecule has 4 rings (SSSR count). The van der Waals surface area contributed by atoms with Gasteiger partial charge in [-0.15, -0.1) is 0 Å². The first-order valence-electron chi connectivity index (χ1n) is 9.14. The topological polar surface area (TPSA) is 54.2 Å². The van der Waals surface area contributed by atoms with E-state index in [0.29, 0.717) is 18.5 Å². The van der Waals surface area contributed by atoms with Crippen LogP contribution in [-0.4, -0.2) is 34.0 Å². The number of halogens is 1. The zero-order chi connectivity index (χ0) is 17.9.